The van der Waals surface area contributed by atoms with E-state index in [0.29, 0.717) is 16.6 Å². The highest BCUT2D eigenvalue weighted by Crippen LogP contribution is 2.28. The maximum absolute atomic E-state index is 10.5. The van der Waals surface area contributed by atoms with Crippen molar-refractivity contribution >= 4 is 29.6 Å². The van der Waals surface area contributed by atoms with Gasteiger partial charge in [0.2, 0.25) is 0 Å². The van der Waals surface area contributed by atoms with Gasteiger partial charge in [-0.2, -0.15) is 8.42 Å². The van der Waals surface area contributed by atoms with E-state index in [1.54, 1.807) is 19.1 Å². The molecule has 0 aromatic carbocycles. The number of hydrogen-bond donors (Lipinski definition) is 0. The molecule has 0 saturated heterocycles. The largest absolute Gasteiger partial charge is 0.454 e. The van der Waals surface area contributed by atoms with E-state index in [4.69, 9.17) is 15.1 Å². The monoisotopic (exact) mass is 212 g/mol. The van der Waals surface area contributed by atoms with Gasteiger partial charge in [0.05, 0.1) is 10.8 Å². The number of rotatable bonds is 2. The van der Waals surface area contributed by atoms with Crippen LogP contribution in [0, 0.1) is 6.92 Å². The zero-order valence-electron chi connectivity index (χ0n) is 5.57. The Kier molecular flexibility index (Phi) is 2.51. The van der Waals surface area contributed by atoms with Gasteiger partial charge in [-0.25, -0.2) is 0 Å². The third-order valence-corrected chi connectivity index (χ3v) is 3.14. The van der Waals surface area contributed by atoms with Gasteiger partial charge in [-0.15, -0.1) is 0 Å². The molecular weight excluding hydrogens is 208 g/mol. The first kappa shape index (κ1) is 8.96. The molecule has 0 aliphatic rings. The van der Waals surface area contributed by atoms with Gasteiger partial charge in [0, 0.05) is 10.7 Å². The summed E-state index contributed by atoms with van der Waals surface area (Å²) >= 11 is 0. The molecule has 62 valence electrons. The van der Waals surface area contributed by atoms with Gasteiger partial charge in [0.1, 0.15) is 5.76 Å². The first-order valence-corrected chi connectivity index (χ1v) is 6.32. The van der Waals surface area contributed by atoms with Gasteiger partial charge in [-0.1, -0.05) is 0 Å². The van der Waals surface area contributed by atoms with E-state index >= 15 is 0 Å². The quantitative estimate of drug-likeness (QED) is 0.557. The molecule has 0 bridgehead atoms. The molecule has 0 atom stereocenters. The fraction of sp³-hybridized carbons (Fsp3) is 0.200. The van der Waals surface area contributed by atoms with E-state index in [2.05, 4.69) is 0 Å². The van der Waals surface area contributed by atoms with Gasteiger partial charge in [0.25, 0.3) is 8.08 Å². The Hall–Kier alpha value is -0.130. The Morgan fingerprint density at radius 1 is 1.55 bits per heavy atom. The molecule has 3 nitrogen and oxygen atoms in total. The number of hydrogen-bond acceptors (Lipinski definition) is 4. The summed E-state index contributed by atoms with van der Waals surface area (Å²) in [4.78, 5) is 0. The third kappa shape index (κ3) is 3.18. The van der Waals surface area contributed by atoms with E-state index < -0.39 is 8.08 Å². The Morgan fingerprint density at radius 3 is 2.55 bits per heavy atom. The lowest BCUT2D eigenvalue weighted by molar-refractivity contribution is 0.450. The molecule has 0 unspecified atom stereocenters. The molecule has 0 amide bonds. The fourth-order valence-corrected chi connectivity index (χ4v) is 2.46. The second-order valence-corrected chi connectivity index (χ2v) is 6.78. The third-order valence-electron chi connectivity index (χ3n) is 0.897. The van der Waals surface area contributed by atoms with Crippen LogP contribution in [-0.2, 0) is 8.08 Å². The highest BCUT2D eigenvalue weighted by atomic mass is 35.8. The van der Waals surface area contributed by atoms with E-state index in [0.717, 1.165) is 0 Å². The summed E-state index contributed by atoms with van der Waals surface area (Å²) in [6, 6.07) is 3.23. The zero-order chi connectivity index (χ0) is 8.48. The van der Waals surface area contributed by atoms with Gasteiger partial charge in [0.15, 0.2) is 5.09 Å². The van der Waals surface area contributed by atoms with E-state index in [1.165, 1.54) is 0 Å². The first-order valence-electron chi connectivity index (χ1n) is 2.68. The Morgan fingerprint density at radius 2 is 2.18 bits per heavy atom. The van der Waals surface area contributed by atoms with Gasteiger partial charge in [-0.3, -0.25) is 0 Å². The summed E-state index contributed by atoms with van der Waals surface area (Å²) in [5.41, 5.74) is 0. The predicted octanol–water partition coefficient (Wildman–Crippen LogP) is 2.16. The van der Waals surface area contributed by atoms with Crippen LogP contribution in [0.1, 0.15) is 5.76 Å². The smallest absolute Gasteiger partial charge is 0.292 e. The van der Waals surface area contributed by atoms with Crippen LogP contribution in [-0.4, -0.2) is 8.42 Å². The Balaban J connectivity index is 2.81. The molecule has 6 heteroatoms. The van der Waals surface area contributed by atoms with Crippen LogP contribution in [0.4, 0.5) is 0 Å². The average Bonchev–Trinajstić information content (AvgIpc) is 2.10. The molecule has 0 aliphatic carbocycles. The van der Waals surface area contributed by atoms with Crippen molar-refractivity contribution in [1.29, 1.82) is 0 Å². The molecular formula is C5H5ClO3S2. The zero-order valence-corrected chi connectivity index (χ0v) is 7.96. The average molecular weight is 213 g/mol. The van der Waals surface area contributed by atoms with Crippen molar-refractivity contribution in [3.8, 4) is 0 Å². The van der Waals surface area contributed by atoms with Crippen LogP contribution in [0.2, 0.25) is 0 Å². The molecule has 0 fully saturated rings. The van der Waals surface area contributed by atoms with Crippen molar-refractivity contribution in [2.75, 3.05) is 0 Å². The topological polar surface area (TPSA) is 47.3 Å². The summed E-state index contributed by atoms with van der Waals surface area (Å²) in [5.74, 6) is 0.660. The lowest BCUT2D eigenvalue weighted by Gasteiger charge is -1.88. The molecule has 11 heavy (non-hydrogen) atoms. The van der Waals surface area contributed by atoms with Gasteiger partial charge >= 0.3 is 0 Å². The maximum Gasteiger partial charge on any atom is 0.292 e. The van der Waals surface area contributed by atoms with Crippen LogP contribution in [0.15, 0.2) is 21.6 Å². The number of halogens is 1. The number of furan rings is 1. The molecule has 0 spiro atoms. The molecule has 0 N–H and O–H groups in total. The van der Waals surface area contributed by atoms with Crippen LogP contribution in [0.5, 0.6) is 0 Å². The standard InChI is InChI=1S/C5H5ClO3S2/c1-4-2-3-5(9-4)10-11(6,7)8/h2-3H,1H3. The van der Waals surface area contributed by atoms with Crippen molar-refractivity contribution < 1.29 is 12.8 Å². The van der Waals surface area contributed by atoms with E-state index in [1.807, 2.05) is 0 Å². The van der Waals surface area contributed by atoms with Crippen LogP contribution in [0.25, 0.3) is 0 Å². The second kappa shape index (κ2) is 3.08. The highest BCUT2D eigenvalue weighted by Gasteiger charge is 2.10. The summed E-state index contributed by atoms with van der Waals surface area (Å²) in [6.45, 7) is 1.73. The second-order valence-electron chi connectivity index (χ2n) is 1.84. The summed E-state index contributed by atoms with van der Waals surface area (Å²) < 4.78 is 25.9. The summed E-state index contributed by atoms with van der Waals surface area (Å²) in [7, 11) is 1.88. The van der Waals surface area contributed by atoms with E-state index in [-0.39, 0.29) is 5.09 Å². The van der Waals surface area contributed by atoms with Crippen LogP contribution >= 0.6 is 21.5 Å². The van der Waals surface area contributed by atoms with Crippen molar-refractivity contribution in [3.05, 3.63) is 17.9 Å². The van der Waals surface area contributed by atoms with Gasteiger partial charge in [-0.05, 0) is 19.1 Å². The summed E-state index contributed by atoms with van der Waals surface area (Å²) in [6.07, 6.45) is 0. The Bertz CT molecular complexity index is 340. The maximum atomic E-state index is 10.5. The lowest BCUT2D eigenvalue weighted by Crippen LogP contribution is -1.76. The lowest BCUT2D eigenvalue weighted by atomic mass is 10.5. The van der Waals surface area contributed by atoms with Crippen molar-refractivity contribution in [1.82, 2.24) is 0 Å². The first-order chi connectivity index (χ1) is 4.97. The SMILES string of the molecule is Cc1ccc(SS(=O)(=O)Cl)o1. The predicted molar refractivity (Wildman–Crippen MR) is 44.1 cm³/mol. The van der Waals surface area contributed by atoms with Gasteiger partial charge < -0.3 is 4.42 Å². The highest BCUT2D eigenvalue weighted by molar-refractivity contribution is 8.80. The van der Waals surface area contributed by atoms with Crippen molar-refractivity contribution in [2.24, 2.45) is 0 Å². The molecule has 0 saturated carbocycles. The molecule has 1 heterocycles. The molecule has 0 radical (unpaired) electrons. The van der Waals surface area contributed by atoms with Crippen LogP contribution in [0.3, 0.4) is 0 Å². The molecule has 1 aromatic heterocycles. The number of aryl methyl sites for hydroxylation is 1. The van der Waals surface area contributed by atoms with E-state index in [9.17, 15) is 8.42 Å². The normalized spacial score (nSPS) is 11.8. The molecule has 1 rings (SSSR count). The minimum Gasteiger partial charge on any atom is -0.454 e. The van der Waals surface area contributed by atoms with Crippen LogP contribution < -0.4 is 0 Å². The molecule has 0 aliphatic heterocycles. The Labute approximate surface area is 72.5 Å². The minimum absolute atomic E-state index is 0.289. The molecule has 1 aromatic rings. The summed E-state index contributed by atoms with van der Waals surface area (Å²) in [5, 5.41) is 0.289. The fourth-order valence-electron chi connectivity index (χ4n) is 0.555. The van der Waals surface area contributed by atoms with Crippen molar-refractivity contribution in [3.63, 3.8) is 0 Å². The van der Waals surface area contributed by atoms with Crippen molar-refractivity contribution in [2.45, 2.75) is 12.0 Å². The minimum atomic E-state index is -3.57.